The summed E-state index contributed by atoms with van der Waals surface area (Å²) < 4.78 is 0. The summed E-state index contributed by atoms with van der Waals surface area (Å²) in [4.78, 5) is 27.8. The lowest BCUT2D eigenvalue weighted by molar-refractivity contribution is -0.123. The van der Waals surface area contributed by atoms with E-state index in [1.807, 2.05) is 13.2 Å². The molecule has 0 spiro atoms. The molecular formula is C20H25ClN2O2S2. The van der Waals surface area contributed by atoms with Gasteiger partial charge in [0, 0.05) is 9.75 Å². The molecular weight excluding hydrogens is 400 g/mol. The SMILES string of the molecule is CSCC[C@H](NC(=O)c1ccccc1Cl)C(=O)N[C@H](C)c1cc(C)sc1C. The van der Waals surface area contributed by atoms with Crippen LogP contribution < -0.4 is 10.6 Å². The van der Waals surface area contributed by atoms with Gasteiger partial charge in [-0.2, -0.15) is 11.8 Å². The lowest BCUT2D eigenvalue weighted by Crippen LogP contribution is -2.47. The molecule has 1 aromatic heterocycles. The van der Waals surface area contributed by atoms with Crippen LogP contribution in [-0.2, 0) is 4.79 Å². The number of nitrogens with one attached hydrogen (secondary N) is 2. The highest BCUT2D eigenvalue weighted by Gasteiger charge is 2.24. The number of carbonyl (C=O) groups excluding carboxylic acids is 2. The summed E-state index contributed by atoms with van der Waals surface area (Å²) in [5, 5.41) is 6.25. The number of hydrogen-bond acceptors (Lipinski definition) is 4. The number of thioether (sulfide) groups is 1. The molecule has 0 unspecified atom stereocenters. The van der Waals surface area contributed by atoms with Crippen molar-refractivity contribution in [1.82, 2.24) is 10.6 Å². The van der Waals surface area contributed by atoms with E-state index in [9.17, 15) is 9.59 Å². The number of halogens is 1. The molecule has 7 heteroatoms. The van der Waals surface area contributed by atoms with Crippen LogP contribution in [0.1, 0.15) is 45.1 Å². The maximum absolute atomic E-state index is 12.8. The zero-order valence-corrected chi connectivity index (χ0v) is 18.4. The second-order valence-electron chi connectivity index (χ2n) is 6.39. The van der Waals surface area contributed by atoms with Gasteiger partial charge in [-0.1, -0.05) is 23.7 Å². The molecule has 0 bridgehead atoms. The Morgan fingerprint density at radius 1 is 1.22 bits per heavy atom. The fourth-order valence-corrected chi connectivity index (χ4v) is 4.57. The van der Waals surface area contributed by atoms with Crippen molar-refractivity contribution in [2.45, 2.75) is 39.3 Å². The van der Waals surface area contributed by atoms with E-state index >= 15 is 0 Å². The normalized spacial score (nSPS) is 13.1. The van der Waals surface area contributed by atoms with Crippen molar-refractivity contribution in [3.05, 3.63) is 56.2 Å². The first kappa shape index (κ1) is 21.8. The molecule has 2 atom stereocenters. The van der Waals surface area contributed by atoms with Crippen molar-refractivity contribution in [2.75, 3.05) is 12.0 Å². The third-order valence-corrected chi connectivity index (χ3v) is 6.21. The van der Waals surface area contributed by atoms with Crippen molar-refractivity contribution in [3.8, 4) is 0 Å². The molecule has 0 radical (unpaired) electrons. The van der Waals surface area contributed by atoms with E-state index in [0.29, 0.717) is 17.0 Å². The minimum Gasteiger partial charge on any atom is -0.348 e. The van der Waals surface area contributed by atoms with Crippen LogP contribution in [0.2, 0.25) is 5.02 Å². The molecule has 1 aromatic carbocycles. The zero-order valence-electron chi connectivity index (χ0n) is 16.0. The molecule has 0 aliphatic heterocycles. The molecule has 27 heavy (non-hydrogen) atoms. The Labute approximate surface area is 174 Å². The Hall–Kier alpha value is -1.50. The monoisotopic (exact) mass is 424 g/mol. The van der Waals surface area contributed by atoms with E-state index in [2.05, 4.69) is 30.5 Å². The first-order valence-corrected chi connectivity index (χ1v) is 11.3. The minimum absolute atomic E-state index is 0.114. The van der Waals surface area contributed by atoms with E-state index in [1.165, 1.54) is 9.75 Å². The Morgan fingerprint density at radius 3 is 2.52 bits per heavy atom. The topological polar surface area (TPSA) is 58.2 Å². The predicted octanol–water partition coefficient (Wildman–Crippen LogP) is 4.75. The lowest BCUT2D eigenvalue weighted by Gasteiger charge is -2.21. The molecule has 2 rings (SSSR count). The molecule has 2 amide bonds. The molecule has 0 aliphatic rings. The number of amides is 2. The third-order valence-electron chi connectivity index (χ3n) is 4.26. The van der Waals surface area contributed by atoms with Crippen molar-refractivity contribution in [2.24, 2.45) is 0 Å². The van der Waals surface area contributed by atoms with Crippen molar-refractivity contribution in [1.29, 1.82) is 0 Å². The van der Waals surface area contributed by atoms with E-state index in [4.69, 9.17) is 11.6 Å². The fraction of sp³-hybridized carbons (Fsp3) is 0.400. The maximum Gasteiger partial charge on any atom is 0.253 e. The summed E-state index contributed by atoms with van der Waals surface area (Å²) in [5.41, 5.74) is 1.49. The third kappa shape index (κ3) is 5.99. The van der Waals surface area contributed by atoms with Crippen LogP contribution in [0.3, 0.4) is 0 Å². The number of carbonyl (C=O) groups is 2. The van der Waals surface area contributed by atoms with Crippen LogP contribution >= 0.6 is 34.7 Å². The van der Waals surface area contributed by atoms with Crippen molar-refractivity contribution >= 4 is 46.5 Å². The van der Waals surface area contributed by atoms with E-state index in [1.54, 1.807) is 47.4 Å². The summed E-state index contributed by atoms with van der Waals surface area (Å²) in [5.74, 6) is 0.253. The lowest BCUT2D eigenvalue weighted by atomic mass is 10.1. The first-order valence-electron chi connectivity index (χ1n) is 8.75. The van der Waals surface area contributed by atoms with E-state index in [-0.39, 0.29) is 17.9 Å². The van der Waals surface area contributed by atoms with Gasteiger partial charge in [-0.25, -0.2) is 0 Å². The second kappa shape index (κ2) is 10.2. The molecule has 0 saturated carbocycles. The van der Waals surface area contributed by atoms with Gasteiger partial charge in [0.05, 0.1) is 16.6 Å². The predicted molar refractivity (Wildman–Crippen MR) is 116 cm³/mol. The Balaban J connectivity index is 2.10. The Kier molecular flexibility index (Phi) is 8.20. The molecule has 0 saturated heterocycles. The van der Waals surface area contributed by atoms with E-state index in [0.717, 1.165) is 11.3 Å². The Morgan fingerprint density at radius 2 is 1.93 bits per heavy atom. The number of hydrogen-bond donors (Lipinski definition) is 2. The van der Waals surface area contributed by atoms with Gasteiger partial charge in [-0.15, -0.1) is 11.3 Å². The maximum atomic E-state index is 12.8. The number of aryl methyl sites for hydroxylation is 2. The molecule has 0 aliphatic carbocycles. The van der Waals surface area contributed by atoms with Crippen LogP contribution in [0.15, 0.2) is 30.3 Å². The molecule has 1 heterocycles. The molecule has 2 N–H and O–H groups in total. The van der Waals surface area contributed by atoms with Crippen LogP contribution in [0.4, 0.5) is 0 Å². The highest BCUT2D eigenvalue weighted by molar-refractivity contribution is 7.98. The Bertz CT molecular complexity index is 807. The van der Waals surface area contributed by atoms with Crippen molar-refractivity contribution < 1.29 is 9.59 Å². The molecule has 2 aromatic rings. The number of rotatable bonds is 8. The van der Waals surface area contributed by atoms with Gasteiger partial charge in [0.25, 0.3) is 5.91 Å². The number of thiophene rings is 1. The quantitative estimate of drug-likeness (QED) is 0.643. The minimum atomic E-state index is -0.608. The molecule has 146 valence electrons. The van der Waals surface area contributed by atoms with Gasteiger partial charge in [0.2, 0.25) is 5.91 Å². The average Bonchev–Trinajstić information content (AvgIpc) is 2.97. The van der Waals surface area contributed by atoms with Gasteiger partial charge in [0.1, 0.15) is 6.04 Å². The van der Waals surface area contributed by atoms with Crippen molar-refractivity contribution in [3.63, 3.8) is 0 Å². The van der Waals surface area contributed by atoms with Gasteiger partial charge >= 0.3 is 0 Å². The van der Waals surface area contributed by atoms with Gasteiger partial charge in [-0.05, 0) is 63.0 Å². The van der Waals surface area contributed by atoms with Gasteiger partial charge < -0.3 is 10.6 Å². The van der Waals surface area contributed by atoms with Gasteiger partial charge in [-0.3, -0.25) is 9.59 Å². The molecule has 4 nitrogen and oxygen atoms in total. The molecule has 0 fully saturated rings. The van der Waals surface area contributed by atoms with Crippen LogP contribution in [0.5, 0.6) is 0 Å². The summed E-state index contributed by atoms with van der Waals surface area (Å²) in [6.07, 6.45) is 2.53. The fourth-order valence-electron chi connectivity index (χ4n) is 2.86. The standard InChI is InChI=1S/C20H25ClN2O2S2/c1-12-11-16(14(3)27-12)13(2)22-20(25)18(9-10-26-4)23-19(24)15-7-5-6-8-17(15)21/h5-8,11,13,18H,9-10H2,1-4H3,(H,22,25)(H,23,24)/t13-,18+/m1/s1. The summed E-state index contributed by atoms with van der Waals surface area (Å²) in [6.45, 7) is 6.08. The second-order valence-corrected chi connectivity index (χ2v) is 9.24. The highest BCUT2D eigenvalue weighted by atomic mass is 35.5. The average molecular weight is 425 g/mol. The zero-order chi connectivity index (χ0) is 20.0. The largest absolute Gasteiger partial charge is 0.348 e. The van der Waals surface area contributed by atoms with Gasteiger partial charge in [0.15, 0.2) is 0 Å². The first-order chi connectivity index (χ1) is 12.8. The van der Waals surface area contributed by atoms with Crippen LogP contribution in [0.25, 0.3) is 0 Å². The summed E-state index contributed by atoms with van der Waals surface area (Å²) in [6, 6.07) is 8.22. The highest BCUT2D eigenvalue weighted by Crippen LogP contribution is 2.26. The number of benzene rings is 1. The summed E-state index contributed by atoms with van der Waals surface area (Å²) >= 11 is 9.46. The van der Waals surface area contributed by atoms with Crippen LogP contribution in [-0.4, -0.2) is 29.9 Å². The summed E-state index contributed by atoms with van der Waals surface area (Å²) in [7, 11) is 0. The van der Waals surface area contributed by atoms with E-state index < -0.39 is 6.04 Å². The van der Waals surface area contributed by atoms with Crippen LogP contribution in [0, 0.1) is 13.8 Å². The smallest absolute Gasteiger partial charge is 0.253 e.